The quantitative estimate of drug-likeness (QED) is 0.862. The lowest BCUT2D eigenvalue weighted by Gasteiger charge is -2.38. The van der Waals surface area contributed by atoms with Gasteiger partial charge < -0.3 is 10.6 Å². The first-order chi connectivity index (χ1) is 12.3. The van der Waals surface area contributed by atoms with Crippen molar-refractivity contribution in [1.29, 1.82) is 0 Å². The third kappa shape index (κ3) is 3.28. The second-order valence-corrected chi connectivity index (χ2v) is 7.61. The van der Waals surface area contributed by atoms with E-state index in [1.807, 2.05) is 18.7 Å². The van der Waals surface area contributed by atoms with Crippen molar-refractivity contribution in [2.24, 2.45) is 18.7 Å². The normalized spacial score (nSPS) is 20.7. The van der Waals surface area contributed by atoms with Crippen LogP contribution < -0.4 is 11.3 Å². The van der Waals surface area contributed by atoms with Gasteiger partial charge in [0, 0.05) is 38.3 Å². The van der Waals surface area contributed by atoms with Gasteiger partial charge in [-0.15, -0.1) is 0 Å². The van der Waals surface area contributed by atoms with Crippen LogP contribution in [-0.2, 0) is 18.3 Å². The van der Waals surface area contributed by atoms with Gasteiger partial charge in [0.25, 0.3) is 5.56 Å². The predicted octanol–water partition coefficient (Wildman–Crippen LogP) is 1.40. The van der Waals surface area contributed by atoms with Crippen LogP contribution in [0.3, 0.4) is 0 Å². The number of hydrogen-bond donors (Lipinski definition) is 2. The van der Waals surface area contributed by atoms with Crippen molar-refractivity contribution in [2.45, 2.75) is 52.5 Å². The summed E-state index contributed by atoms with van der Waals surface area (Å²) in [6, 6.07) is 0.144. The van der Waals surface area contributed by atoms with E-state index in [-0.39, 0.29) is 17.5 Å². The molecule has 0 aromatic carbocycles. The average molecular weight is 359 g/mol. The molecule has 26 heavy (non-hydrogen) atoms. The van der Waals surface area contributed by atoms with Crippen LogP contribution in [-0.4, -0.2) is 44.7 Å². The first-order valence-electron chi connectivity index (χ1n) is 9.37. The molecule has 0 aliphatic carbocycles. The van der Waals surface area contributed by atoms with Gasteiger partial charge in [-0.2, -0.15) is 0 Å². The minimum atomic E-state index is -0.131. The van der Waals surface area contributed by atoms with E-state index in [0.717, 1.165) is 36.2 Å². The van der Waals surface area contributed by atoms with Crippen molar-refractivity contribution in [2.75, 3.05) is 13.1 Å². The fourth-order valence-electron chi connectivity index (χ4n) is 4.20. The maximum absolute atomic E-state index is 12.8. The highest BCUT2D eigenvalue weighted by Gasteiger charge is 2.28. The van der Waals surface area contributed by atoms with Gasteiger partial charge in [0.15, 0.2) is 5.65 Å². The standard InChI is InChI=1S/C19H29N5O2/c1-11-7-8-24(14(9-11)10-20)16(25)6-5-15-12(2)17-18(21-13(15)3)23(4)22-19(17)26/h11,14H,5-10,20H2,1-4H3,(H,22,26). The molecule has 3 heterocycles. The van der Waals surface area contributed by atoms with Gasteiger partial charge in [0.05, 0.1) is 5.39 Å². The number of carbonyl (C=O) groups is 1. The number of carbonyl (C=O) groups excluding carboxylic acids is 1. The number of nitrogens with two attached hydrogens (primary N) is 1. The summed E-state index contributed by atoms with van der Waals surface area (Å²) in [5.74, 6) is 0.765. The van der Waals surface area contributed by atoms with Crippen molar-refractivity contribution in [1.82, 2.24) is 19.7 Å². The number of fused-ring (bicyclic) bond motifs is 1. The Hall–Kier alpha value is -2.15. The highest BCUT2D eigenvalue weighted by molar-refractivity contribution is 5.81. The fraction of sp³-hybridized carbons (Fsp3) is 0.632. The summed E-state index contributed by atoms with van der Waals surface area (Å²) < 4.78 is 1.65. The Balaban J connectivity index is 1.80. The summed E-state index contributed by atoms with van der Waals surface area (Å²) >= 11 is 0. The summed E-state index contributed by atoms with van der Waals surface area (Å²) in [4.78, 5) is 31.5. The maximum atomic E-state index is 12.8. The van der Waals surface area contributed by atoms with Crippen LogP contribution in [0.15, 0.2) is 4.79 Å². The molecule has 2 aromatic rings. The number of aromatic amines is 1. The zero-order valence-corrected chi connectivity index (χ0v) is 16.1. The molecular weight excluding hydrogens is 330 g/mol. The lowest BCUT2D eigenvalue weighted by atomic mass is 9.91. The zero-order valence-electron chi connectivity index (χ0n) is 16.1. The molecular formula is C19H29N5O2. The van der Waals surface area contributed by atoms with Gasteiger partial charge in [0.1, 0.15) is 0 Å². The first-order valence-corrected chi connectivity index (χ1v) is 9.37. The van der Waals surface area contributed by atoms with Gasteiger partial charge >= 0.3 is 0 Å². The molecule has 1 aliphatic rings. The molecule has 0 saturated carbocycles. The van der Waals surface area contributed by atoms with Crippen LogP contribution in [0.25, 0.3) is 11.0 Å². The highest BCUT2D eigenvalue weighted by atomic mass is 16.2. The Kier molecular flexibility index (Phi) is 5.18. The smallest absolute Gasteiger partial charge is 0.273 e. The number of nitrogens with one attached hydrogen (secondary N) is 1. The van der Waals surface area contributed by atoms with Gasteiger partial charge in [0.2, 0.25) is 5.91 Å². The van der Waals surface area contributed by atoms with E-state index in [2.05, 4.69) is 17.0 Å². The maximum Gasteiger partial charge on any atom is 0.273 e. The van der Waals surface area contributed by atoms with E-state index in [9.17, 15) is 9.59 Å². The van der Waals surface area contributed by atoms with Gasteiger partial charge in [-0.25, -0.2) is 4.98 Å². The molecule has 0 bridgehead atoms. The second kappa shape index (κ2) is 7.23. The largest absolute Gasteiger partial charge is 0.338 e. The number of piperidine rings is 1. The monoisotopic (exact) mass is 359 g/mol. The number of aryl methyl sites for hydroxylation is 3. The number of H-pyrrole nitrogens is 1. The van der Waals surface area contributed by atoms with Crippen molar-refractivity contribution in [3.63, 3.8) is 0 Å². The molecule has 0 spiro atoms. The number of hydrogen-bond acceptors (Lipinski definition) is 4. The third-order valence-electron chi connectivity index (χ3n) is 5.73. The van der Waals surface area contributed by atoms with Crippen LogP contribution in [0.2, 0.25) is 0 Å². The summed E-state index contributed by atoms with van der Waals surface area (Å²) in [5, 5.41) is 3.37. The van der Waals surface area contributed by atoms with Crippen molar-refractivity contribution >= 4 is 16.9 Å². The molecule has 1 saturated heterocycles. The minimum absolute atomic E-state index is 0.131. The molecule has 1 aliphatic heterocycles. The summed E-state index contributed by atoms with van der Waals surface area (Å²) in [5.41, 5.74) is 9.21. The molecule has 3 rings (SSSR count). The Labute approximate surface area is 153 Å². The zero-order chi connectivity index (χ0) is 19.0. The molecule has 142 valence electrons. The Morgan fingerprint density at radius 2 is 2.12 bits per heavy atom. The molecule has 2 aromatic heterocycles. The summed E-state index contributed by atoms with van der Waals surface area (Å²) in [6.07, 6.45) is 3.03. The molecule has 3 N–H and O–H groups in total. The molecule has 2 atom stereocenters. The topological polar surface area (TPSA) is 97.0 Å². The van der Waals surface area contributed by atoms with E-state index < -0.39 is 0 Å². The van der Waals surface area contributed by atoms with E-state index in [1.54, 1.807) is 11.7 Å². The van der Waals surface area contributed by atoms with E-state index >= 15 is 0 Å². The number of aromatic nitrogens is 3. The Morgan fingerprint density at radius 3 is 2.81 bits per heavy atom. The van der Waals surface area contributed by atoms with E-state index in [1.165, 1.54) is 0 Å². The summed E-state index contributed by atoms with van der Waals surface area (Å²) in [7, 11) is 1.78. The van der Waals surface area contributed by atoms with Crippen molar-refractivity contribution in [3.8, 4) is 0 Å². The lowest BCUT2D eigenvalue weighted by molar-refractivity contribution is -0.135. The molecule has 7 nitrogen and oxygen atoms in total. The van der Waals surface area contributed by atoms with Crippen LogP contribution >= 0.6 is 0 Å². The van der Waals surface area contributed by atoms with Gasteiger partial charge in [-0.05, 0) is 50.2 Å². The summed E-state index contributed by atoms with van der Waals surface area (Å²) in [6.45, 7) is 7.40. The van der Waals surface area contributed by atoms with Crippen molar-refractivity contribution < 1.29 is 4.79 Å². The third-order valence-corrected chi connectivity index (χ3v) is 5.73. The average Bonchev–Trinajstić information content (AvgIpc) is 2.88. The second-order valence-electron chi connectivity index (χ2n) is 7.61. The van der Waals surface area contributed by atoms with Crippen LogP contribution in [0.1, 0.15) is 43.0 Å². The molecule has 0 radical (unpaired) electrons. The number of rotatable bonds is 4. The van der Waals surface area contributed by atoms with E-state index in [0.29, 0.717) is 36.3 Å². The minimum Gasteiger partial charge on any atom is -0.338 e. The number of likely N-dealkylation sites (tertiary alicyclic amines) is 1. The highest BCUT2D eigenvalue weighted by Crippen LogP contribution is 2.24. The molecule has 2 unspecified atom stereocenters. The van der Waals surface area contributed by atoms with Gasteiger partial charge in [-0.1, -0.05) is 6.92 Å². The van der Waals surface area contributed by atoms with Crippen LogP contribution in [0.5, 0.6) is 0 Å². The van der Waals surface area contributed by atoms with Crippen LogP contribution in [0.4, 0.5) is 0 Å². The first kappa shape index (κ1) is 18.6. The molecule has 7 heteroatoms. The lowest BCUT2D eigenvalue weighted by Crippen LogP contribution is -2.49. The number of nitrogens with zero attached hydrogens (tertiary/aromatic N) is 3. The van der Waals surface area contributed by atoms with E-state index in [4.69, 9.17) is 5.73 Å². The van der Waals surface area contributed by atoms with Crippen LogP contribution in [0, 0.1) is 19.8 Å². The van der Waals surface area contributed by atoms with Crippen molar-refractivity contribution in [3.05, 3.63) is 27.2 Å². The SMILES string of the molecule is Cc1nc2c(c(C)c1CCC(=O)N1CCC(C)CC1CN)c(=O)[nH]n2C. The molecule has 1 amide bonds. The Morgan fingerprint density at radius 1 is 1.38 bits per heavy atom. The number of amides is 1. The molecule has 1 fully saturated rings. The van der Waals surface area contributed by atoms with Gasteiger partial charge in [-0.3, -0.25) is 19.4 Å². The Bertz CT molecular complexity index is 882. The predicted molar refractivity (Wildman–Crippen MR) is 102 cm³/mol. The fourth-order valence-corrected chi connectivity index (χ4v) is 4.20. The number of pyridine rings is 1.